The molecule has 0 bridgehead atoms. The molecular weight excluding hydrogens is 248 g/mol. The maximum atomic E-state index is 11.7. The number of hydrogen-bond donors (Lipinski definition) is 2. The van der Waals surface area contributed by atoms with Gasteiger partial charge in [0.05, 0.1) is 29.7 Å². The first-order valence-corrected chi connectivity index (χ1v) is 5.85. The molecule has 0 aliphatic carbocycles. The van der Waals surface area contributed by atoms with Crippen molar-refractivity contribution in [3.63, 3.8) is 0 Å². The summed E-state index contributed by atoms with van der Waals surface area (Å²) in [5.74, 6) is -0.321. The van der Waals surface area contributed by atoms with Crippen LogP contribution in [0.15, 0.2) is 22.0 Å². The van der Waals surface area contributed by atoms with Crippen LogP contribution in [0, 0.1) is 6.92 Å². The zero-order chi connectivity index (χ0) is 14.0. The van der Waals surface area contributed by atoms with E-state index in [0.717, 1.165) is 10.3 Å². The lowest BCUT2D eigenvalue weighted by Gasteiger charge is -2.09. The van der Waals surface area contributed by atoms with Gasteiger partial charge in [-0.3, -0.25) is 24.3 Å². The number of H-pyrrole nitrogens is 1. The Balaban J connectivity index is 2.48. The molecule has 0 saturated carbocycles. The summed E-state index contributed by atoms with van der Waals surface area (Å²) in [4.78, 5) is 33.5. The van der Waals surface area contributed by atoms with Gasteiger partial charge in [0, 0.05) is 6.20 Å². The molecule has 0 atom stereocenters. The van der Waals surface area contributed by atoms with Crippen LogP contribution >= 0.6 is 0 Å². The summed E-state index contributed by atoms with van der Waals surface area (Å²) in [6, 6.07) is 0. The van der Waals surface area contributed by atoms with E-state index in [9.17, 15) is 14.7 Å². The van der Waals surface area contributed by atoms with Crippen LogP contribution in [0.4, 0.5) is 0 Å². The van der Waals surface area contributed by atoms with Crippen LogP contribution in [-0.2, 0) is 13.0 Å². The van der Waals surface area contributed by atoms with Crippen LogP contribution in [0.1, 0.15) is 23.9 Å². The molecule has 0 radical (unpaired) electrons. The largest absolute Gasteiger partial charge is 0.494 e. The Morgan fingerprint density at radius 2 is 2.05 bits per heavy atom. The van der Waals surface area contributed by atoms with E-state index in [-0.39, 0.29) is 18.0 Å². The number of nitrogens with zero attached hydrogens (tertiary/aromatic N) is 3. The van der Waals surface area contributed by atoms with Crippen molar-refractivity contribution in [2.75, 3.05) is 0 Å². The predicted molar refractivity (Wildman–Crippen MR) is 68.2 cm³/mol. The Morgan fingerprint density at radius 1 is 1.32 bits per heavy atom. The lowest BCUT2D eigenvalue weighted by molar-refractivity contribution is 0.401. The number of aromatic nitrogens is 4. The topological polar surface area (TPSA) is 101 Å². The van der Waals surface area contributed by atoms with E-state index in [1.54, 1.807) is 20.0 Å². The molecule has 2 aromatic rings. The number of nitrogens with one attached hydrogen (secondary N) is 1. The van der Waals surface area contributed by atoms with Crippen molar-refractivity contribution in [2.24, 2.45) is 0 Å². The molecule has 0 aromatic carbocycles. The van der Waals surface area contributed by atoms with Crippen molar-refractivity contribution in [3.05, 3.63) is 50.2 Å². The highest BCUT2D eigenvalue weighted by atomic mass is 16.3. The van der Waals surface area contributed by atoms with Crippen molar-refractivity contribution < 1.29 is 5.11 Å². The van der Waals surface area contributed by atoms with Gasteiger partial charge in [0.25, 0.3) is 5.56 Å². The summed E-state index contributed by atoms with van der Waals surface area (Å²) < 4.78 is 1.07. The molecule has 2 aromatic heterocycles. The summed E-state index contributed by atoms with van der Waals surface area (Å²) in [6.07, 6.45) is 3.43. The van der Waals surface area contributed by atoms with Gasteiger partial charge in [-0.15, -0.1) is 0 Å². The second kappa shape index (κ2) is 5.05. The summed E-state index contributed by atoms with van der Waals surface area (Å²) in [6.45, 7) is 3.59. The quantitative estimate of drug-likeness (QED) is 0.807. The molecule has 2 rings (SSSR count). The van der Waals surface area contributed by atoms with E-state index < -0.39 is 11.2 Å². The summed E-state index contributed by atoms with van der Waals surface area (Å²) in [5.41, 5.74) is 0.242. The molecule has 2 N–H and O–H groups in total. The molecule has 2 heterocycles. The first kappa shape index (κ1) is 13.0. The van der Waals surface area contributed by atoms with E-state index >= 15 is 0 Å². The van der Waals surface area contributed by atoms with Gasteiger partial charge in [0.1, 0.15) is 0 Å². The molecule has 0 aliphatic heterocycles. The summed E-state index contributed by atoms with van der Waals surface area (Å²) >= 11 is 0. The van der Waals surface area contributed by atoms with E-state index in [1.807, 2.05) is 0 Å². The lowest BCUT2D eigenvalue weighted by Crippen LogP contribution is -2.32. The Kier molecular flexibility index (Phi) is 3.46. The summed E-state index contributed by atoms with van der Waals surface area (Å²) in [5, 5.41) is 9.96. The molecule has 0 amide bonds. The maximum Gasteiger partial charge on any atom is 0.331 e. The van der Waals surface area contributed by atoms with E-state index in [0.29, 0.717) is 12.1 Å². The van der Waals surface area contributed by atoms with Gasteiger partial charge in [-0.05, 0) is 13.3 Å². The molecule has 0 fully saturated rings. The third kappa shape index (κ3) is 2.54. The van der Waals surface area contributed by atoms with Crippen LogP contribution in [0.2, 0.25) is 0 Å². The van der Waals surface area contributed by atoms with Gasteiger partial charge >= 0.3 is 5.69 Å². The Labute approximate surface area is 108 Å². The fourth-order valence-corrected chi connectivity index (χ4v) is 1.73. The highest BCUT2D eigenvalue weighted by molar-refractivity contribution is 5.23. The average molecular weight is 262 g/mol. The van der Waals surface area contributed by atoms with E-state index in [2.05, 4.69) is 15.0 Å². The molecule has 100 valence electrons. The smallest absolute Gasteiger partial charge is 0.331 e. The third-order valence-electron chi connectivity index (χ3n) is 2.77. The van der Waals surface area contributed by atoms with Crippen LogP contribution in [0.5, 0.6) is 5.88 Å². The Hall–Kier alpha value is -2.44. The molecule has 0 saturated heterocycles. The number of hydrogen-bond acceptors (Lipinski definition) is 5. The monoisotopic (exact) mass is 262 g/mol. The third-order valence-corrected chi connectivity index (χ3v) is 2.77. The molecule has 0 unspecified atom stereocenters. The maximum absolute atomic E-state index is 11.7. The second-order valence-corrected chi connectivity index (χ2v) is 4.15. The fraction of sp³-hybridized carbons (Fsp3) is 0.333. The van der Waals surface area contributed by atoms with Gasteiger partial charge < -0.3 is 5.11 Å². The molecule has 0 spiro atoms. The van der Waals surface area contributed by atoms with Crippen molar-refractivity contribution in [3.8, 4) is 5.88 Å². The minimum absolute atomic E-state index is 0.0573. The van der Waals surface area contributed by atoms with Crippen molar-refractivity contribution in [1.29, 1.82) is 0 Å². The highest BCUT2D eigenvalue weighted by Gasteiger charge is 2.13. The lowest BCUT2D eigenvalue weighted by atomic mass is 10.2. The van der Waals surface area contributed by atoms with Gasteiger partial charge in [-0.25, -0.2) is 4.79 Å². The summed E-state index contributed by atoms with van der Waals surface area (Å²) in [7, 11) is 0. The predicted octanol–water partition coefficient (Wildman–Crippen LogP) is -0.0487. The zero-order valence-corrected chi connectivity index (χ0v) is 10.7. The normalized spacial score (nSPS) is 10.6. The minimum atomic E-state index is -0.665. The zero-order valence-electron chi connectivity index (χ0n) is 10.7. The van der Waals surface area contributed by atoms with Gasteiger partial charge in [-0.1, -0.05) is 6.92 Å². The molecular formula is C12H14N4O3. The number of aromatic amines is 1. The average Bonchev–Trinajstić information content (AvgIpc) is 2.37. The van der Waals surface area contributed by atoms with E-state index in [4.69, 9.17) is 0 Å². The first-order chi connectivity index (χ1) is 9.02. The first-order valence-electron chi connectivity index (χ1n) is 5.85. The van der Waals surface area contributed by atoms with Crippen molar-refractivity contribution in [2.45, 2.75) is 26.8 Å². The fourth-order valence-electron chi connectivity index (χ4n) is 1.73. The number of aryl methyl sites for hydroxylation is 1. The van der Waals surface area contributed by atoms with Crippen LogP contribution in [0.3, 0.4) is 0 Å². The molecule has 0 aliphatic rings. The molecule has 19 heavy (non-hydrogen) atoms. The van der Waals surface area contributed by atoms with Crippen LogP contribution in [-0.4, -0.2) is 24.6 Å². The number of rotatable bonds is 3. The van der Waals surface area contributed by atoms with Gasteiger partial charge in [0.15, 0.2) is 0 Å². The second-order valence-electron chi connectivity index (χ2n) is 4.15. The van der Waals surface area contributed by atoms with Crippen molar-refractivity contribution >= 4 is 0 Å². The van der Waals surface area contributed by atoms with Crippen molar-refractivity contribution in [1.82, 2.24) is 19.5 Å². The Bertz CT molecular complexity index is 700. The van der Waals surface area contributed by atoms with Gasteiger partial charge in [-0.2, -0.15) is 0 Å². The van der Waals surface area contributed by atoms with E-state index in [1.165, 1.54) is 6.20 Å². The molecule has 7 heteroatoms. The van der Waals surface area contributed by atoms with Crippen LogP contribution in [0.25, 0.3) is 0 Å². The SMILES string of the molecule is CCc1c(O)n(Cc2cnc(C)cn2)c(=O)[nH]c1=O. The minimum Gasteiger partial charge on any atom is -0.494 e. The van der Waals surface area contributed by atoms with Crippen LogP contribution < -0.4 is 11.2 Å². The molecule has 7 nitrogen and oxygen atoms in total. The van der Waals surface area contributed by atoms with Gasteiger partial charge in [0.2, 0.25) is 5.88 Å². The highest BCUT2D eigenvalue weighted by Crippen LogP contribution is 2.11. The Morgan fingerprint density at radius 3 is 2.63 bits per heavy atom. The number of aromatic hydroxyl groups is 1. The standard InChI is InChI=1S/C12H14N4O3/c1-3-9-10(17)15-12(19)16(11(9)18)6-8-5-13-7(2)4-14-8/h4-5,18H,3,6H2,1-2H3,(H,15,17,19).